The Bertz CT molecular complexity index is 813. The number of nitrogens with one attached hydrogen (secondary N) is 1. The van der Waals surface area contributed by atoms with E-state index < -0.39 is 0 Å². The van der Waals surface area contributed by atoms with Gasteiger partial charge in [-0.2, -0.15) is 5.10 Å². The first-order valence-corrected chi connectivity index (χ1v) is 11.0. The zero-order valence-electron chi connectivity index (χ0n) is 15.9. The van der Waals surface area contributed by atoms with Crippen LogP contribution in [0.5, 0.6) is 0 Å². The average molecular weight is 386 g/mol. The van der Waals surface area contributed by atoms with Gasteiger partial charge in [-0.3, -0.25) is 4.79 Å². The van der Waals surface area contributed by atoms with Crippen molar-refractivity contribution in [3.63, 3.8) is 0 Å². The van der Waals surface area contributed by atoms with Crippen LogP contribution in [-0.4, -0.2) is 37.5 Å². The largest absolute Gasteiger partial charge is 0.353 e. The lowest BCUT2D eigenvalue weighted by Gasteiger charge is -2.22. The lowest BCUT2D eigenvalue weighted by molar-refractivity contribution is -0.119. The molecule has 4 rings (SSSR count). The van der Waals surface area contributed by atoms with E-state index in [4.69, 9.17) is 5.10 Å². The molecule has 0 unspecified atom stereocenters. The Morgan fingerprint density at radius 1 is 1.19 bits per heavy atom. The molecule has 2 aliphatic carbocycles. The first-order chi connectivity index (χ1) is 13.2. The van der Waals surface area contributed by atoms with Crippen molar-refractivity contribution < 1.29 is 4.79 Å². The summed E-state index contributed by atoms with van der Waals surface area (Å²) >= 11 is 1.47. The Morgan fingerprint density at radius 3 is 2.85 bits per heavy atom. The van der Waals surface area contributed by atoms with Crippen molar-refractivity contribution in [2.24, 2.45) is 0 Å². The number of aryl methyl sites for hydroxylation is 1. The summed E-state index contributed by atoms with van der Waals surface area (Å²) in [5, 5.41) is 8.69. The third-order valence-electron chi connectivity index (χ3n) is 5.55. The molecule has 0 aromatic carbocycles. The van der Waals surface area contributed by atoms with Gasteiger partial charge in [0.25, 0.3) is 0 Å². The van der Waals surface area contributed by atoms with Crippen LogP contribution >= 0.6 is 11.8 Å². The number of carbonyl (C=O) groups is 1. The van der Waals surface area contributed by atoms with Crippen molar-refractivity contribution in [3.8, 4) is 5.82 Å². The van der Waals surface area contributed by atoms with Crippen molar-refractivity contribution in [2.45, 2.75) is 75.8 Å². The quantitative estimate of drug-likeness (QED) is 0.631. The van der Waals surface area contributed by atoms with Crippen LogP contribution in [0, 0.1) is 6.92 Å². The average Bonchev–Trinajstić information content (AvgIpc) is 3.05. The summed E-state index contributed by atoms with van der Waals surface area (Å²) in [6.45, 7) is 2.08. The molecular weight excluding hydrogens is 358 g/mol. The van der Waals surface area contributed by atoms with Crippen LogP contribution in [-0.2, 0) is 17.6 Å². The van der Waals surface area contributed by atoms with Crippen molar-refractivity contribution in [1.29, 1.82) is 0 Å². The van der Waals surface area contributed by atoms with Gasteiger partial charge >= 0.3 is 0 Å². The zero-order valence-corrected chi connectivity index (χ0v) is 16.7. The fraction of sp³-hybridized carbons (Fsp3) is 0.600. The highest BCUT2D eigenvalue weighted by Crippen LogP contribution is 2.27. The number of hydrogen-bond acceptors (Lipinski definition) is 5. The highest BCUT2D eigenvalue weighted by Gasteiger charge is 2.20. The van der Waals surface area contributed by atoms with Crippen molar-refractivity contribution >= 4 is 17.7 Å². The van der Waals surface area contributed by atoms with Gasteiger partial charge in [-0.1, -0.05) is 31.0 Å². The first-order valence-electron chi connectivity index (χ1n) is 10.0. The highest BCUT2D eigenvalue weighted by atomic mass is 32.2. The van der Waals surface area contributed by atoms with E-state index in [1.54, 1.807) is 6.33 Å². The number of hydrogen-bond donors (Lipinski definition) is 1. The first kappa shape index (κ1) is 18.5. The monoisotopic (exact) mass is 385 g/mol. The van der Waals surface area contributed by atoms with E-state index in [1.807, 2.05) is 10.7 Å². The Balaban J connectivity index is 1.41. The van der Waals surface area contributed by atoms with Gasteiger partial charge in [0.2, 0.25) is 5.91 Å². The molecule has 1 fully saturated rings. The van der Waals surface area contributed by atoms with Crippen molar-refractivity contribution in [3.05, 3.63) is 29.3 Å². The number of rotatable bonds is 5. The smallest absolute Gasteiger partial charge is 0.230 e. The van der Waals surface area contributed by atoms with Gasteiger partial charge < -0.3 is 5.32 Å². The SMILES string of the molecule is Cc1nn(-c2cc(SCC(=O)NC3CCCCC3)ncn2)c2c1CCCC2. The minimum atomic E-state index is 0.0966. The van der Waals surface area contributed by atoms with E-state index in [9.17, 15) is 4.79 Å². The second-order valence-electron chi connectivity index (χ2n) is 7.54. The molecule has 0 aliphatic heterocycles. The summed E-state index contributed by atoms with van der Waals surface area (Å²) < 4.78 is 1.97. The van der Waals surface area contributed by atoms with Crippen LogP contribution in [0.2, 0.25) is 0 Å². The van der Waals surface area contributed by atoms with Gasteiger partial charge in [-0.05, 0) is 51.0 Å². The fourth-order valence-corrected chi connectivity index (χ4v) is 4.83. The van der Waals surface area contributed by atoms with E-state index >= 15 is 0 Å². The molecule has 1 N–H and O–H groups in total. The summed E-state index contributed by atoms with van der Waals surface area (Å²) in [7, 11) is 0. The minimum absolute atomic E-state index is 0.0966. The Morgan fingerprint density at radius 2 is 2.00 bits per heavy atom. The maximum Gasteiger partial charge on any atom is 0.230 e. The number of thioether (sulfide) groups is 1. The lowest BCUT2D eigenvalue weighted by atomic mass is 9.95. The maximum absolute atomic E-state index is 12.2. The predicted octanol–water partition coefficient (Wildman–Crippen LogP) is 3.39. The normalized spacial score (nSPS) is 17.5. The molecule has 2 heterocycles. The topological polar surface area (TPSA) is 72.7 Å². The van der Waals surface area contributed by atoms with Crippen LogP contribution < -0.4 is 5.32 Å². The molecule has 7 heteroatoms. The van der Waals surface area contributed by atoms with E-state index in [0.29, 0.717) is 11.8 Å². The third-order valence-corrected chi connectivity index (χ3v) is 6.47. The molecule has 2 aromatic heterocycles. The third kappa shape index (κ3) is 4.34. The Labute approximate surface area is 164 Å². The van der Waals surface area contributed by atoms with E-state index in [-0.39, 0.29) is 5.91 Å². The lowest BCUT2D eigenvalue weighted by Crippen LogP contribution is -2.37. The molecule has 6 nitrogen and oxygen atoms in total. The molecule has 0 saturated heterocycles. The highest BCUT2D eigenvalue weighted by molar-refractivity contribution is 7.99. The van der Waals surface area contributed by atoms with Crippen LogP contribution in [0.15, 0.2) is 17.4 Å². The summed E-state index contributed by atoms with van der Waals surface area (Å²) in [5.41, 5.74) is 3.76. The van der Waals surface area contributed by atoms with E-state index in [2.05, 4.69) is 22.2 Å². The van der Waals surface area contributed by atoms with Crippen LogP contribution in [0.3, 0.4) is 0 Å². The van der Waals surface area contributed by atoms with Crippen molar-refractivity contribution in [1.82, 2.24) is 25.1 Å². The summed E-state index contributed by atoms with van der Waals surface area (Å²) in [6, 6.07) is 2.30. The predicted molar refractivity (Wildman–Crippen MR) is 106 cm³/mol. The molecule has 0 atom stereocenters. The number of amides is 1. The second kappa shape index (κ2) is 8.42. The molecule has 1 amide bonds. The number of fused-ring (bicyclic) bond motifs is 1. The van der Waals surface area contributed by atoms with E-state index in [1.165, 1.54) is 55.1 Å². The van der Waals surface area contributed by atoms with Gasteiger partial charge in [0, 0.05) is 17.8 Å². The molecule has 0 bridgehead atoms. The van der Waals surface area contributed by atoms with Gasteiger partial charge in [-0.25, -0.2) is 14.6 Å². The molecule has 27 heavy (non-hydrogen) atoms. The zero-order chi connectivity index (χ0) is 18.6. The minimum Gasteiger partial charge on any atom is -0.353 e. The van der Waals surface area contributed by atoms with Gasteiger partial charge in [0.05, 0.1) is 11.4 Å². The van der Waals surface area contributed by atoms with Crippen LogP contribution in [0.4, 0.5) is 0 Å². The molecule has 2 aliphatic rings. The summed E-state index contributed by atoms with van der Waals surface area (Å²) in [5.74, 6) is 1.29. The second-order valence-corrected chi connectivity index (χ2v) is 8.53. The van der Waals surface area contributed by atoms with Gasteiger partial charge in [0.15, 0.2) is 5.82 Å². The number of aromatic nitrogens is 4. The maximum atomic E-state index is 12.2. The standard InChI is InChI=1S/C20H27N5OS/c1-14-16-9-5-6-10-17(16)25(24-14)18-11-20(22-13-21-18)27-12-19(26)23-15-7-3-2-4-8-15/h11,13,15H,2-10,12H2,1H3,(H,23,26). The number of nitrogens with zero attached hydrogens (tertiary/aromatic N) is 4. The Kier molecular flexibility index (Phi) is 5.76. The van der Waals surface area contributed by atoms with Gasteiger partial charge in [-0.15, -0.1) is 0 Å². The van der Waals surface area contributed by atoms with Gasteiger partial charge in [0.1, 0.15) is 11.4 Å². The molecule has 0 spiro atoms. The molecular formula is C20H27N5OS. The molecule has 0 radical (unpaired) electrons. The van der Waals surface area contributed by atoms with Crippen molar-refractivity contribution in [2.75, 3.05) is 5.75 Å². The molecule has 2 aromatic rings. The van der Waals surface area contributed by atoms with E-state index in [0.717, 1.165) is 42.2 Å². The van der Waals surface area contributed by atoms with Crippen LogP contribution in [0.25, 0.3) is 5.82 Å². The molecule has 144 valence electrons. The Hall–Kier alpha value is -1.89. The molecule has 1 saturated carbocycles. The number of carbonyl (C=O) groups excluding carboxylic acids is 1. The fourth-order valence-electron chi connectivity index (χ4n) is 4.15. The van der Waals surface area contributed by atoms with Crippen LogP contribution in [0.1, 0.15) is 61.9 Å². The summed E-state index contributed by atoms with van der Waals surface area (Å²) in [4.78, 5) is 21.0. The summed E-state index contributed by atoms with van der Waals surface area (Å²) in [6.07, 6.45) is 12.1.